The van der Waals surface area contributed by atoms with E-state index in [1.807, 2.05) is 18.2 Å². The maximum absolute atomic E-state index is 14.1. The molecule has 348 valence electrons. The molecule has 0 spiro atoms. The quantitative estimate of drug-likeness (QED) is 0.0715. The summed E-state index contributed by atoms with van der Waals surface area (Å²) in [6, 6.07) is 21.2. The molecule has 1 unspecified atom stereocenters. The van der Waals surface area contributed by atoms with E-state index in [0.717, 1.165) is 100 Å². The third-order valence-corrected chi connectivity index (χ3v) is 15.3. The van der Waals surface area contributed by atoms with Crippen molar-refractivity contribution in [3.8, 4) is 11.5 Å². The number of amides is 1. The van der Waals surface area contributed by atoms with Crippen LogP contribution in [0, 0.1) is 21.4 Å². The lowest BCUT2D eigenvalue weighted by molar-refractivity contribution is -0.384. The number of nitro benzene ring substituents is 1. The Labute approximate surface area is 390 Å². The Balaban J connectivity index is 0.915. The first-order chi connectivity index (χ1) is 31.7. The highest BCUT2D eigenvalue weighted by molar-refractivity contribution is 7.90. The van der Waals surface area contributed by atoms with Crippen LogP contribution < -0.4 is 19.7 Å². The second-order valence-corrected chi connectivity index (χ2v) is 21.1. The van der Waals surface area contributed by atoms with Crippen LogP contribution >= 0.6 is 11.6 Å². The zero-order valence-electron chi connectivity index (χ0n) is 37.6. The first-order valence-corrected chi connectivity index (χ1v) is 24.7. The number of carbonyl (C=O) groups is 1. The van der Waals surface area contributed by atoms with Crippen molar-refractivity contribution in [1.82, 2.24) is 24.5 Å². The lowest BCUT2D eigenvalue weighted by Gasteiger charge is -2.43. The molecule has 15 nitrogen and oxygen atoms in total. The second kappa shape index (κ2) is 19.0. The number of piperazine rings is 1. The third-order valence-electron chi connectivity index (χ3n) is 13.7. The van der Waals surface area contributed by atoms with Gasteiger partial charge in [-0.15, -0.1) is 0 Å². The summed E-state index contributed by atoms with van der Waals surface area (Å²) in [4.78, 5) is 40.0. The van der Waals surface area contributed by atoms with Gasteiger partial charge in [0, 0.05) is 73.2 Å². The first kappa shape index (κ1) is 45.6. The van der Waals surface area contributed by atoms with Crippen LogP contribution in [0.3, 0.4) is 0 Å². The number of aromatic nitrogens is 2. The number of anilines is 2. The predicted octanol–water partition coefficient (Wildman–Crippen LogP) is 8.73. The molecule has 17 heteroatoms. The SMILES string of the molecule is CC1CN(CC2=C(c3ccc(Cl)cc3)CC(C)(C)CC2)CCN1c1ccc(C(=O)NS(=O)(=O)c2ccc(NCC3CCN(C4COC4)CC3)c([N+](=O)[O-])c2)c(Oc2cnc3[nH]ccc3c2)c1. The number of fused-ring (bicyclic) bond motifs is 1. The number of nitro groups is 1. The summed E-state index contributed by atoms with van der Waals surface area (Å²) >= 11 is 6.27. The average molecular weight is 938 g/mol. The van der Waals surface area contributed by atoms with E-state index in [1.165, 1.54) is 35.0 Å². The summed E-state index contributed by atoms with van der Waals surface area (Å²) in [5.41, 5.74) is 5.58. The van der Waals surface area contributed by atoms with E-state index < -0.39 is 31.4 Å². The largest absolute Gasteiger partial charge is 0.455 e. The van der Waals surface area contributed by atoms with Gasteiger partial charge in [-0.05, 0) is 123 Å². The third kappa shape index (κ3) is 10.2. The molecular weight excluding hydrogens is 880 g/mol. The minimum Gasteiger partial charge on any atom is -0.455 e. The van der Waals surface area contributed by atoms with Gasteiger partial charge in [0.25, 0.3) is 21.6 Å². The molecule has 3 aliphatic heterocycles. The van der Waals surface area contributed by atoms with E-state index >= 15 is 0 Å². The molecule has 5 aromatic rings. The molecule has 2 aromatic heterocycles. The maximum Gasteiger partial charge on any atom is 0.293 e. The highest BCUT2D eigenvalue weighted by Gasteiger charge is 2.33. The van der Waals surface area contributed by atoms with Crippen molar-refractivity contribution in [3.05, 3.63) is 117 Å². The van der Waals surface area contributed by atoms with Crippen molar-refractivity contribution in [2.45, 2.75) is 69.9 Å². The zero-order chi connectivity index (χ0) is 46.2. The second-order valence-electron chi connectivity index (χ2n) is 19.0. The van der Waals surface area contributed by atoms with Gasteiger partial charge in [-0.1, -0.05) is 43.2 Å². The fourth-order valence-corrected chi connectivity index (χ4v) is 10.9. The van der Waals surface area contributed by atoms with Gasteiger partial charge < -0.3 is 24.7 Å². The standard InChI is InChI=1S/C49H57ClN8O7S/c1-32-28-55(29-36-12-16-49(2,3)25-43(36)34-4-6-37(50)7-5-34)20-21-57(32)38-8-10-42(46(23-38)65-40-22-35-13-17-51-47(35)53-27-40)48(59)54-66(62,63)41-9-11-44(45(24-41)58(60)61)52-26-33-14-18-56(19-15-33)39-30-64-31-39/h4-11,13,17,22-24,27,32-33,39,52H,12,14-16,18-21,25-26,28-31H2,1-3H3,(H,51,53)(H,54,59). The number of nitrogens with zero attached hydrogens (tertiary/aromatic N) is 5. The number of pyridine rings is 1. The number of allylic oxidation sites excluding steroid dienone is 1. The van der Waals surface area contributed by atoms with Crippen LogP contribution in [0.2, 0.25) is 5.02 Å². The molecule has 3 N–H and O–H groups in total. The lowest BCUT2D eigenvalue weighted by Crippen LogP contribution is -2.52. The number of hydrogen-bond acceptors (Lipinski definition) is 12. The minimum absolute atomic E-state index is 0.0339. The molecule has 0 bridgehead atoms. The topological polar surface area (TPSA) is 175 Å². The molecule has 0 saturated carbocycles. The van der Waals surface area contributed by atoms with Gasteiger partial charge >= 0.3 is 0 Å². The highest BCUT2D eigenvalue weighted by atomic mass is 35.5. The van der Waals surface area contributed by atoms with Crippen LogP contribution in [-0.2, 0) is 14.8 Å². The molecule has 4 aliphatic rings. The normalized spacial score (nSPS) is 20.0. The Hall–Kier alpha value is -5.52. The summed E-state index contributed by atoms with van der Waals surface area (Å²) in [6.07, 6.45) is 8.37. The van der Waals surface area contributed by atoms with Crippen molar-refractivity contribution >= 4 is 61.2 Å². The van der Waals surface area contributed by atoms with Gasteiger partial charge in [0.15, 0.2) is 0 Å². The van der Waals surface area contributed by atoms with E-state index in [2.05, 4.69) is 67.6 Å². The molecular formula is C49H57ClN8O7S. The predicted molar refractivity (Wildman–Crippen MR) is 257 cm³/mol. The molecule has 1 amide bonds. The number of sulfonamides is 1. The van der Waals surface area contributed by atoms with E-state index in [4.69, 9.17) is 21.1 Å². The molecule has 1 atom stereocenters. The number of carbonyl (C=O) groups excluding carboxylic acids is 1. The minimum atomic E-state index is -4.57. The van der Waals surface area contributed by atoms with Crippen LogP contribution in [-0.4, -0.2) is 110 Å². The van der Waals surface area contributed by atoms with Crippen molar-refractivity contribution < 1.29 is 27.6 Å². The average Bonchev–Trinajstić information content (AvgIpc) is 3.74. The van der Waals surface area contributed by atoms with E-state index in [9.17, 15) is 23.3 Å². The number of H-pyrrole nitrogens is 1. The Morgan fingerprint density at radius 3 is 2.55 bits per heavy atom. The highest BCUT2D eigenvalue weighted by Crippen LogP contribution is 2.44. The number of rotatable bonds is 14. The Bertz CT molecular complexity index is 2750. The summed E-state index contributed by atoms with van der Waals surface area (Å²) < 4.78 is 41.5. The van der Waals surface area contributed by atoms with Gasteiger partial charge in [-0.25, -0.2) is 18.1 Å². The number of piperidine rings is 1. The molecule has 0 radical (unpaired) electrons. The summed E-state index contributed by atoms with van der Waals surface area (Å²) in [7, 11) is -4.57. The van der Waals surface area contributed by atoms with Gasteiger partial charge in [-0.2, -0.15) is 0 Å². The van der Waals surface area contributed by atoms with Crippen molar-refractivity contribution in [1.29, 1.82) is 0 Å². The molecule has 3 fully saturated rings. The fourth-order valence-electron chi connectivity index (χ4n) is 9.78. The molecule has 3 aromatic carbocycles. The zero-order valence-corrected chi connectivity index (χ0v) is 39.2. The summed E-state index contributed by atoms with van der Waals surface area (Å²) in [5, 5.41) is 17.0. The number of hydrogen-bond donors (Lipinski definition) is 3. The lowest BCUT2D eigenvalue weighted by atomic mass is 9.72. The van der Waals surface area contributed by atoms with Gasteiger partial charge in [0.2, 0.25) is 0 Å². The van der Waals surface area contributed by atoms with E-state index in [1.54, 1.807) is 30.5 Å². The van der Waals surface area contributed by atoms with Crippen LogP contribution in [0.1, 0.15) is 68.8 Å². The number of halogens is 1. The van der Waals surface area contributed by atoms with Crippen LogP contribution in [0.15, 0.2) is 95.7 Å². The van der Waals surface area contributed by atoms with E-state index in [-0.39, 0.29) is 28.5 Å². The Kier molecular flexibility index (Phi) is 13.1. The van der Waals surface area contributed by atoms with Crippen molar-refractivity contribution in [3.63, 3.8) is 0 Å². The van der Waals surface area contributed by atoms with Gasteiger partial charge in [0.05, 0.1) is 40.8 Å². The van der Waals surface area contributed by atoms with Crippen molar-refractivity contribution in [2.24, 2.45) is 11.3 Å². The fraction of sp³-hybridized carbons (Fsp3) is 0.429. The smallest absolute Gasteiger partial charge is 0.293 e. The monoisotopic (exact) mass is 936 g/mol. The molecule has 3 saturated heterocycles. The number of nitrogens with one attached hydrogen (secondary N) is 3. The van der Waals surface area contributed by atoms with Crippen LogP contribution in [0.4, 0.5) is 17.1 Å². The number of ether oxygens (including phenoxy) is 2. The van der Waals surface area contributed by atoms with E-state index in [0.29, 0.717) is 36.4 Å². The number of likely N-dealkylation sites (tertiary alicyclic amines) is 1. The van der Waals surface area contributed by atoms with Crippen LogP contribution in [0.25, 0.3) is 16.6 Å². The van der Waals surface area contributed by atoms with Crippen LogP contribution in [0.5, 0.6) is 11.5 Å². The molecule has 1 aliphatic carbocycles. The summed E-state index contributed by atoms with van der Waals surface area (Å²) in [5.74, 6) is -0.152. The number of benzene rings is 3. The molecule has 9 rings (SSSR count). The molecule has 5 heterocycles. The van der Waals surface area contributed by atoms with Gasteiger partial charge in [-0.3, -0.25) is 24.7 Å². The van der Waals surface area contributed by atoms with Crippen molar-refractivity contribution in [2.75, 3.05) is 69.2 Å². The molecule has 66 heavy (non-hydrogen) atoms. The Morgan fingerprint density at radius 1 is 1.03 bits per heavy atom. The number of aromatic amines is 1. The summed E-state index contributed by atoms with van der Waals surface area (Å²) in [6.45, 7) is 14.0. The maximum atomic E-state index is 14.1. The van der Waals surface area contributed by atoms with Gasteiger partial charge in [0.1, 0.15) is 22.8 Å². The first-order valence-electron chi connectivity index (χ1n) is 22.8. The Morgan fingerprint density at radius 2 is 1.82 bits per heavy atom.